The van der Waals surface area contributed by atoms with E-state index in [-0.39, 0.29) is 20.8 Å². The lowest BCUT2D eigenvalue weighted by Crippen LogP contribution is -2.10. The zero-order chi connectivity index (χ0) is 14.8. The maximum absolute atomic E-state index is 12.1. The van der Waals surface area contributed by atoms with E-state index in [4.69, 9.17) is 32.1 Å². The molecule has 0 spiro atoms. The number of hydrogen-bond donors (Lipinski definition) is 0. The van der Waals surface area contributed by atoms with Crippen LogP contribution in [0, 0.1) is 0 Å². The van der Waals surface area contributed by atoms with Gasteiger partial charge in [-0.2, -0.15) is 8.42 Å². The molecule has 8 heteroatoms. The average molecular weight is 334 g/mol. The van der Waals surface area contributed by atoms with Crippen molar-refractivity contribution >= 4 is 33.3 Å². The number of nitrogens with zero attached hydrogens (tertiary/aromatic N) is 1. The molecule has 0 radical (unpaired) electrons. The molecule has 0 aliphatic rings. The quantitative estimate of drug-likeness (QED) is 0.635. The van der Waals surface area contributed by atoms with Crippen LogP contribution in [-0.2, 0) is 10.1 Å². The molecule has 0 saturated heterocycles. The van der Waals surface area contributed by atoms with Gasteiger partial charge in [-0.05, 0) is 18.2 Å². The lowest BCUT2D eigenvalue weighted by molar-refractivity contribution is 0.411. The molecule has 0 saturated carbocycles. The fourth-order valence-corrected chi connectivity index (χ4v) is 2.60. The summed E-state index contributed by atoms with van der Waals surface area (Å²) in [6.45, 7) is 0. The Labute approximate surface area is 126 Å². The summed E-state index contributed by atoms with van der Waals surface area (Å²) in [5.41, 5.74) is 0. The largest absolute Gasteiger partial charge is 0.497 e. The van der Waals surface area contributed by atoms with Crippen molar-refractivity contribution in [1.29, 1.82) is 0 Å². The molecule has 0 unspecified atom stereocenters. The SMILES string of the molecule is COc1cccc(OS(=O)(=O)c2cnc(Cl)c(Cl)c2)c1. The van der Waals surface area contributed by atoms with E-state index in [9.17, 15) is 8.42 Å². The van der Waals surface area contributed by atoms with Crippen LogP contribution >= 0.6 is 23.2 Å². The van der Waals surface area contributed by atoms with Crippen LogP contribution in [0.2, 0.25) is 10.2 Å². The highest BCUT2D eigenvalue weighted by molar-refractivity contribution is 7.87. The van der Waals surface area contributed by atoms with Gasteiger partial charge >= 0.3 is 10.1 Å². The predicted molar refractivity (Wildman–Crippen MR) is 75.1 cm³/mol. The summed E-state index contributed by atoms with van der Waals surface area (Å²) in [4.78, 5) is 3.48. The third kappa shape index (κ3) is 3.33. The minimum absolute atomic E-state index is 0.0204. The van der Waals surface area contributed by atoms with Crippen LogP contribution in [0.25, 0.3) is 0 Å². The van der Waals surface area contributed by atoms with E-state index in [1.807, 2.05) is 0 Å². The van der Waals surface area contributed by atoms with Gasteiger partial charge < -0.3 is 8.92 Å². The van der Waals surface area contributed by atoms with Crippen LogP contribution in [0.5, 0.6) is 11.5 Å². The summed E-state index contributed by atoms with van der Waals surface area (Å²) >= 11 is 11.4. The number of halogens is 2. The summed E-state index contributed by atoms with van der Waals surface area (Å²) in [5, 5.41) is 0.0500. The van der Waals surface area contributed by atoms with Gasteiger partial charge in [0.25, 0.3) is 0 Å². The molecule has 1 heterocycles. The molecule has 0 N–H and O–H groups in total. The monoisotopic (exact) mass is 333 g/mol. The van der Waals surface area contributed by atoms with Crippen LogP contribution < -0.4 is 8.92 Å². The van der Waals surface area contributed by atoms with Crippen LogP contribution in [0.4, 0.5) is 0 Å². The molecule has 0 fully saturated rings. The van der Waals surface area contributed by atoms with E-state index < -0.39 is 10.1 Å². The molecule has 1 aromatic carbocycles. The lowest BCUT2D eigenvalue weighted by atomic mass is 10.3. The molecule has 0 bridgehead atoms. The molecule has 2 aromatic rings. The second-order valence-electron chi connectivity index (χ2n) is 3.66. The Balaban J connectivity index is 2.32. The summed E-state index contributed by atoms with van der Waals surface area (Å²) < 4.78 is 34.1. The van der Waals surface area contributed by atoms with Gasteiger partial charge in [-0.3, -0.25) is 0 Å². The summed E-state index contributed by atoms with van der Waals surface area (Å²) in [6, 6.07) is 7.39. The van der Waals surface area contributed by atoms with E-state index in [0.29, 0.717) is 5.75 Å². The molecule has 20 heavy (non-hydrogen) atoms. The van der Waals surface area contributed by atoms with E-state index in [0.717, 1.165) is 6.20 Å². The normalized spacial score (nSPS) is 11.2. The summed E-state index contributed by atoms with van der Waals surface area (Å²) in [7, 11) is -2.57. The Morgan fingerprint density at radius 1 is 1.15 bits per heavy atom. The number of benzene rings is 1. The molecule has 5 nitrogen and oxygen atoms in total. The van der Waals surface area contributed by atoms with Crippen molar-refractivity contribution in [1.82, 2.24) is 4.98 Å². The molecule has 0 atom stereocenters. The van der Waals surface area contributed by atoms with Crippen LogP contribution in [0.1, 0.15) is 0 Å². The second kappa shape index (κ2) is 5.87. The first-order valence-electron chi connectivity index (χ1n) is 5.32. The van der Waals surface area contributed by atoms with Crippen LogP contribution in [0.3, 0.4) is 0 Å². The van der Waals surface area contributed by atoms with Gasteiger partial charge in [-0.15, -0.1) is 0 Å². The maximum Gasteiger partial charge on any atom is 0.340 e. The first-order chi connectivity index (χ1) is 9.42. The van der Waals surface area contributed by atoms with Crippen molar-refractivity contribution < 1.29 is 17.3 Å². The molecule has 1 aromatic heterocycles. The predicted octanol–water partition coefficient (Wildman–Crippen LogP) is 3.16. The minimum atomic E-state index is -4.04. The molecule has 2 rings (SSSR count). The molecule has 0 amide bonds. The van der Waals surface area contributed by atoms with Gasteiger partial charge in [0, 0.05) is 6.07 Å². The smallest absolute Gasteiger partial charge is 0.340 e. The summed E-state index contributed by atoms with van der Waals surface area (Å²) in [6.07, 6.45) is 1.07. The highest BCUT2D eigenvalue weighted by Gasteiger charge is 2.19. The highest BCUT2D eigenvalue weighted by atomic mass is 35.5. The molecular formula is C12H9Cl2NO4S. The molecule has 106 valence electrons. The van der Waals surface area contributed by atoms with Crippen molar-refractivity contribution in [2.24, 2.45) is 0 Å². The fourth-order valence-electron chi connectivity index (χ4n) is 1.37. The standard InChI is InChI=1S/C12H9Cl2NO4S/c1-18-8-3-2-4-9(5-8)19-20(16,17)10-6-11(13)12(14)15-7-10/h2-7H,1H3. The van der Waals surface area contributed by atoms with Crippen molar-refractivity contribution in [2.45, 2.75) is 4.90 Å². The van der Waals surface area contributed by atoms with Crippen molar-refractivity contribution in [3.63, 3.8) is 0 Å². The third-order valence-corrected chi connectivity index (χ3v) is 4.21. The average Bonchev–Trinajstić information content (AvgIpc) is 2.41. The molecule has 0 aliphatic carbocycles. The first kappa shape index (κ1) is 14.9. The van der Waals surface area contributed by atoms with Crippen LogP contribution in [0.15, 0.2) is 41.4 Å². The topological polar surface area (TPSA) is 65.5 Å². The lowest BCUT2D eigenvalue weighted by Gasteiger charge is -2.08. The number of rotatable bonds is 4. The van der Waals surface area contributed by atoms with Gasteiger partial charge in [0.05, 0.1) is 18.3 Å². The number of pyridine rings is 1. The molecular weight excluding hydrogens is 325 g/mol. The van der Waals surface area contributed by atoms with Gasteiger partial charge in [-0.1, -0.05) is 29.3 Å². The Morgan fingerprint density at radius 2 is 1.85 bits per heavy atom. The van der Waals surface area contributed by atoms with E-state index in [2.05, 4.69) is 4.98 Å². The van der Waals surface area contributed by atoms with Crippen molar-refractivity contribution in [2.75, 3.05) is 7.11 Å². The van der Waals surface area contributed by atoms with Gasteiger partial charge in [0.1, 0.15) is 21.5 Å². The van der Waals surface area contributed by atoms with Gasteiger partial charge in [0.15, 0.2) is 0 Å². The van der Waals surface area contributed by atoms with E-state index in [1.54, 1.807) is 12.1 Å². The van der Waals surface area contributed by atoms with E-state index in [1.165, 1.54) is 25.3 Å². The number of ether oxygens (including phenoxy) is 1. The molecule has 0 aliphatic heterocycles. The summed E-state index contributed by atoms with van der Waals surface area (Å²) in [5.74, 6) is 0.598. The van der Waals surface area contributed by atoms with Gasteiger partial charge in [0.2, 0.25) is 0 Å². The Bertz CT molecular complexity index is 734. The highest BCUT2D eigenvalue weighted by Crippen LogP contribution is 2.26. The fraction of sp³-hybridized carbons (Fsp3) is 0.0833. The second-order valence-corrected chi connectivity index (χ2v) is 5.97. The zero-order valence-corrected chi connectivity index (χ0v) is 12.5. The van der Waals surface area contributed by atoms with Crippen LogP contribution in [-0.4, -0.2) is 20.5 Å². The minimum Gasteiger partial charge on any atom is -0.497 e. The number of methoxy groups -OCH3 is 1. The van der Waals surface area contributed by atoms with E-state index >= 15 is 0 Å². The van der Waals surface area contributed by atoms with Crippen molar-refractivity contribution in [3.8, 4) is 11.5 Å². The Morgan fingerprint density at radius 3 is 2.50 bits per heavy atom. The van der Waals surface area contributed by atoms with Gasteiger partial charge in [-0.25, -0.2) is 4.98 Å². The Hall–Kier alpha value is -1.50. The zero-order valence-electron chi connectivity index (χ0n) is 10.2. The van der Waals surface area contributed by atoms with Crippen molar-refractivity contribution in [3.05, 3.63) is 46.7 Å². The third-order valence-electron chi connectivity index (χ3n) is 2.31. The number of aromatic nitrogens is 1. The Kier molecular flexibility index (Phi) is 4.37. The maximum atomic E-state index is 12.1. The first-order valence-corrected chi connectivity index (χ1v) is 7.48. The number of hydrogen-bond acceptors (Lipinski definition) is 5.